The Morgan fingerprint density at radius 2 is 2.50 bits per heavy atom. The zero-order valence-electron chi connectivity index (χ0n) is 5.44. The van der Waals surface area contributed by atoms with Crippen molar-refractivity contribution in [3.63, 3.8) is 0 Å². The van der Waals surface area contributed by atoms with Gasteiger partial charge >= 0.3 is 0 Å². The Labute approximate surface area is 59.1 Å². The Bertz CT molecular complexity index is 248. The second-order valence-corrected chi connectivity index (χ2v) is 2.05. The molecule has 2 rings (SSSR count). The van der Waals surface area contributed by atoms with Crippen molar-refractivity contribution >= 4 is 12.1 Å². The molecule has 0 spiro atoms. The summed E-state index contributed by atoms with van der Waals surface area (Å²) >= 11 is 0. The summed E-state index contributed by atoms with van der Waals surface area (Å²) in [6.07, 6.45) is 9.46. The van der Waals surface area contributed by atoms with Crippen molar-refractivity contribution in [2.24, 2.45) is 10.1 Å². The molecule has 3 heteroatoms. The molecule has 0 amide bonds. The zero-order valence-corrected chi connectivity index (χ0v) is 5.44. The minimum absolute atomic E-state index is 0.770. The van der Waals surface area contributed by atoms with E-state index in [2.05, 4.69) is 10.1 Å². The van der Waals surface area contributed by atoms with E-state index in [9.17, 15) is 0 Å². The number of hydrogen-bond acceptors (Lipinski definition) is 3. The molecule has 0 atom stereocenters. The molecule has 0 aromatic rings. The molecule has 2 heterocycles. The van der Waals surface area contributed by atoms with E-state index < -0.39 is 0 Å². The van der Waals surface area contributed by atoms with Crippen LogP contribution in [0.2, 0.25) is 0 Å². The molecule has 3 nitrogen and oxygen atoms in total. The number of amidine groups is 1. The van der Waals surface area contributed by atoms with Crippen LogP contribution in [-0.2, 0) is 0 Å². The van der Waals surface area contributed by atoms with Crippen LogP contribution < -0.4 is 0 Å². The van der Waals surface area contributed by atoms with Gasteiger partial charge in [-0.1, -0.05) is 0 Å². The van der Waals surface area contributed by atoms with Gasteiger partial charge in [0.15, 0.2) is 0 Å². The molecule has 0 bridgehead atoms. The summed E-state index contributed by atoms with van der Waals surface area (Å²) in [6, 6.07) is 0. The molecule has 0 radical (unpaired) electrons. The summed E-state index contributed by atoms with van der Waals surface area (Å²) in [7, 11) is 0. The second-order valence-electron chi connectivity index (χ2n) is 2.05. The molecule has 0 fully saturated rings. The third kappa shape index (κ3) is 0.757. The predicted octanol–water partition coefficient (Wildman–Crippen LogP) is 0.770. The molecule has 10 heavy (non-hydrogen) atoms. The number of allylic oxidation sites excluding steroid dienone is 1. The van der Waals surface area contributed by atoms with Gasteiger partial charge in [0, 0.05) is 12.4 Å². The molecule has 0 aromatic carbocycles. The summed E-state index contributed by atoms with van der Waals surface area (Å²) in [5.41, 5.74) is 0. The Kier molecular flexibility index (Phi) is 1.13. The molecule has 0 aromatic heterocycles. The average molecular weight is 133 g/mol. The SMILES string of the molecule is C1=CC2=NCC=CN2N=C1. The number of hydrogen-bond donors (Lipinski definition) is 0. The van der Waals surface area contributed by atoms with E-state index in [1.165, 1.54) is 0 Å². The molecule has 2 aliphatic heterocycles. The fraction of sp³-hybridized carbons (Fsp3) is 0.143. The van der Waals surface area contributed by atoms with Crippen molar-refractivity contribution in [3.05, 3.63) is 24.4 Å². The average Bonchev–Trinajstić information content (AvgIpc) is 2.05. The molecule has 0 saturated carbocycles. The lowest BCUT2D eigenvalue weighted by Gasteiger charge is -2.18. The van der Waals surface area contributed by atoms with Gasteiger partial charge in [-0.15, -0.1) is 0 Å². The van der Waals surface area contributed by atoms with Gasteiger partial charge in [-0.05, 0) is 18.2 Å². The van der Waals surface area contributed by atoms with Crippen molar-refractivity contribution in [3.8, 4) is 0 Å². The van der Waals surface area contributed by atoms with Crippen LogP contribution in [0, 0.1) is 0 Å². The van der Waals surface area contributed by atoms with Crippen molar-refractivity contribution in [2.75, 3.05) is 6.54 Å². The van der Waals surface area contributed by atoms with Gasteiger partial charge in [0.2, 0.25) is 0 Å². The van der Waals surface area contributed by atoms with Gasteiger partial charge < -0.3 is 0 Å². The fourth-order valence-electron chi connectivity index (χ4n) is 0.908. The first-order valence-corrected chi connectivity index (χ1v) is 3.18. The van der Waals surface area contributed by atoms with Crippen LogP contribution in [-0.4, -0.2) is 23.6 Å². The van der Waals surface area contributed by atoms with E-state index in [4.69, 9.17) is 0 Å². The normalized spacial score (nSPS) is 20.8. The Morgan fingerprint density at radius 1 is 1.50 bits per heavy atom. The van der Waals surface area contributed by atoms with Gasteiger partial charge in [0.05, 0.1) is 6.54 Å². The van der Waals surface area contributed by atoms with Crippen LogP contribution in [0.25, 0.3) is 0 Å². The number of nitrogens with zero attached hydrogens (tertiary/aromatic N) is 3. The Hall–Kier alpha value is -1.38. The highest BCUT2D eigenvalue weighted by Gasteiger charge is 2.07. The highest BCUT2D eigenvalue weighted by Crippen LogP contribution is 2.04. The smallest absolute Gasteiger partial charge is 0.149 e. The largest absolute Gasteiger partial charge is 0.262 e. The first kappa shape index (κ1) is 5.41. The second kappa shape index (κ2) is 2.10. The van der Waals surface area contributed by atoms with E-state index in [1.807, 2.05) is 24.4 Å². The molecule has 2 aliphatic rings. The van der Waals surface area contributed by atoms with E-state index in [0.717, 1.165) is 12.4 Å². The standard InChI is InChI=1S/C7H7N3/c1-3-7-8-4-2-6-10(7)9-5-1/h1-3,5-6H,4H2. The van der Waals surface area contributed by atoms with Crippen molar-refractivity contribution in [2.45, 2.75) is 0 Å². The monoisotopic (exact) mass is 133 g/mol. The predicted molar refractivity (Wildman–Crippen MR) is 40.9 cm³/mol. The first-order chi connectivity index (χ1) is 4.97. The minimum Gasteiger partial charge on any atom is -0.262 e. The Balaban J connectivity index is 2.33. The van der Waals surface area contributed by atoms with E-state index in [0.29, 0.717) is 0 Å². The van der Waals surface area contributed by atoms with Crippen LogP contribution >= 0.6 is 0 Å². The van der Waals surface area contributed by atoms with Crippen LogP contribution in [0.4, 0.5) is 0 Å². The highest BCUT2D eigenvalue weighted by atomic mass is 15.5. The van der Waals surface area contributed by atoms with Crippen LogP contribution in [0.5, 0.6) is 0 Å². The van der Waals surface area contributed by atoms with Crippen LogP contribution in [0.1, 0.15) is 0 Å². The molecule has 0 aliphatic carbocycles. The molecule has 0 N–H and O–H groups in total. The van der Waals surface area contributed by atoms with Crippen molar-refractivity contribution < 1.29 is 0 Å². The zero-order chi connectivity index (χ0) is 6.81. The first-order valence-electron chi connectivity index (χ1n) is 3.18. The van der Waals surface area contributed by atoms with Gasteiger partial charge in [0.1, 0.15) is 5.84 Å². The topological polar surface area (TPSA) is 28.0 Å². The minimum atomic E-state index is 0.770. The lowest BCUT2D eigenvalue weighted by Crippen LogP contribution is -2.23. The number of rotatable bonds is 0. The van der Waals surface area contributed by atoms with Gasteiger partial charge in [-0.25, -0.2) is 5.01 Å². The van der Waals surface area contributed by atoms with Crippen LogP contribution in [0.15, 0.2) is 34.5 Å². The molecule has 0 unspecified atom stereocenters. The number of aliphatic imine (C=N–C) groups is 1. The summed E-state index contributed by atoms with van der Waals surface area (Å²) < 4.78 is 0. The third-order valence-electron chi connectivity index (χ3n) is 1.36. The number of hydrazone groups is 1. The molecule has 50 valence electrons. The summed E-state index contributed by atoms with van der Waals surface area (Å²) in [5.74, 6) is 0.921. The van der Waals surface area contributed by atoms with E-state index in [1.54, 1.807) is 11.2 Å². The van der Waals surface area contributed by atoms with Crippen molar-refractivity contribution in [1.82, 2.24) is 5.01 Å². The summed E-state index contributed by atoms with van der Waals surface area (Å²) in [6.45, 7) is 0.770. The maximum Gasteiger partial charge on any atom is 0.149 e. The lowest BCUT2D eigenvalue weighted by atomic mass is 10.4. The maximum absolute atomic E-state index is 4.21. The highest BCUT2D eigenvalue weighted by molar-refractivity contribution is 5.99. The quantitative estimate of drug-likeness (QED) is 0.479. The Morgan fingerprint density at radius 3 is 3.40 bits per heavy atom. The maximum atomic E-state index is 4.21. The van der Waals surface area contributed by atoms with E-state index in [-0.39, 0.29) is 0 Å². The van der Waals surface area contributed by atoms with Crippen molar-refractivity contribution in [1.29, 1.82) is 0 Å². The van der Waals surface area contributed by atoms with Gasteiger partial charge in [0.25, 0.3) is 0 Å². The molecular formula is C7H7N3. The summed E-state index contributed by atoms with van der Waals surface area (Å²) in [4.78, 5) is 4.21. The van der Waals surface area contributed by atoms with Gasteiger partial charge in [-0.2, -0.15) is 5.10 Å². The van der Waals surface area contributed by atoms with E-state index >= 15 is 0 Å². The third-order valence-corrected chi connectivity index (χ3v) is 1.36. The number of fused-ring (bicyclic) bond motifs is 1. The fourth-order valence-corrected chi connectivity index (χ4v) is 0.908. The summed E-state index contributed by atoms with van der Waals surface area (Å²) in [5, 5.41) is 5.81. The van der Waals surface area contributed by atoms with Crippen LogP contribution in [0.3, 0.4) is 0 Å². The molecule has 0 saturated heterocycles. The molecular weight excluding hydrogens is 126 g/mol. The lowest BCUT2D eigenvalue weighted by molar-refractivity contribution is 0.593. The van der Waals surface area contributed by atoms with Gasteiger partial charge in [-0.3, -0.25) is 4.99 Å².